The van der Waals surface area contributed by atoms with Gasteiger partial charge < -0.3 is 15.0 Å². The summed E-state index contributed by atoms with van der Waals surface area (Å²) in [5.41, 5.74) is 6.10. The number of primary amides is 1. The lowest BCUT2D eigenvalue weighted by molar-refractivity contribution is -0.939. The highest BCUT2D eigenvalue weighted by Crippen LogP contribution is 2.42. The van der Waals surface area contributed by atoms with Gasteiger partial charge in [0.05, 0.1) is 18.5 Å². The SMILES string of the molecule is NC(=O)C[N+]12CCC(CC1)[C@@H](OC(=O)C1(c3ccccc3)CCCCCC1)C2. The molecule has 28 heavy (non-hydrogen) atoms. The molecule has 3 aliphatic heterocycles. The Labute approximate surface area is 167 Å². The second kappa shape index (κ2) is 7.86. The molecule has 2 bridgehead atoms. The number of quaternary nitrogens is 1. The van der Waals surface area contributed by atoms with Crippen molar-refractivity contribution in [3.05, 3.63) is 35.9 Å². The van der Waals surface area contributed by atoms with Crippen molar-refractivity contribution in [1.82, 2.24) is 0 Å². The van der Waals surface area contributed by atoms with Crippen LogP contribution in [0, 0.1) is 5.92 Å². The molecular formula is C23H33N2O3+. The van der Waals surface area contributed by atoms with E-state index in [9.17, 15) is 9.59 Å². The number of ether oxygens (including phenoxy) is 1. The number of nitrogens with zero attached hydrogens (tertiary/aromatic N) is 1. The number of piperidine rings is 3. The van der Waals surface area contributed by atoms with Crippen molar-refractivity contribution >= 4 is 11.9 Å². The second-order valence-corrected chi connectivity index (χ2v) is 9.24. The molecule has 5 nitrogen and oxygen atoms in total. The zero-order chi connectivity index (χ0) is 19.6. The lowest BCUT2D eigenvalue weighted by Gasteiger charge is -2.51. The number of carbonyl (C=O) groups excluding carboxylic acids is 2. The van der Waals surface area contributed by atoms with Gasteiger partial charge in [-0.05, 0) is 18.4 Å². The monoisotopic (exact) mass is 385 g/mol. The third-order valence-corrected chi connectivity index (χ3v) is 7.47. The molecule has 1 aromatic carbocycles. The van der Waals surface area contributed by atoms with Crippen LogP contribution in [0.2, 0.25) is 0 Å². The van der Waals surface area contributed by atoms with Crippen LogP contribution < -0.4 is 5.73 Å². The zero-order valence-corrected chi connectivity index (χ0v) is 16.8. The minimum absolute atomic E-state index is 0.0448. The predicted molar refractivity (Wildman–Crippen MR) is 107 cm³/mol. The highest BCUT2D eigenvalue weighted by Gasteiger charge is 2.50. The highest BCUT2D eigenvalue weighted by atomic mass is 16.5. The molecule has 152 valence electrons. The van der Waals surface area contributed by atoms with E-state index >= 15 is 0 Å². The van der Waals surface area contributed by atoms with E-state index in [1.165, 1.54) is 12.8 Å². The van der Waals surface area contributed by atoms with Crippen LogP contribution in [0.3, 0.4) is 0 Å². The molecule has 5 heteroatoms. The van der Waals surface area contributed by atoms with E-state index in [0.29, 0.717) is 16.9 Å². The van der Waals surface area contributed by atoms with Gasteiger partial charge in [-0.15, -0.1) is 0 Å². The van der Waals surface area contributed by atoms with Gasteiger partial charge in [0.25, 0.3) is 5.91 Å². The molecule has 2 N–H and O–H groups in total. The van der Waals surface area contributed by atoms with E-state index in [4.69, 9.17) is 10.5 Å². The minimum Gasteiger partial charge on any atom is -0.455 e. The Morgan fingerprint density at radius 3 is 2.29 bits per heavy atom. The fraction of sp³-hybridized carbons (Fsp3) is 0.652. The molecule has 3 heterocycles. The smallest absolute Gasteiger partial charge is 0.317 e. The second-order valence-electron chi connectivity index (χ2n) is 9.24. The topological polar surface area (TPSA) is 69.4 Å². The first-order chi connectivity index (χ1) is 13.5. The molecule has 4 aliphatic rings. The van der Waals surface area contributed by atoms with Gasteiger partial charge in [0, 0.05) is 18.8 Å². The number of esters is 1. The van der Waals surface area contributed by atoms with Crippen molar-refractivity contribution in [2.45, 2.75) is 62.9 Å². The maximum absolute atomic E-state index is 13.6. The van der Waals surface area contributed by atoms with Crippen LogP contribution in [0.1, 0.15) is 56.9 Å². The van der Waals surface area contributed by atoms with Crippen LogP contribution in [-0.4, -0.2) is 48.6 Å². The molecule has 1 saturated carbocycles. The standard InChI is InChI=1S/C23H32N2O3/c24-21(26)17-25-14-10-18(11-15-25)20(16-25)28-22(27)23(12-6-1-2-7-13-23)19-8-4-3-5-9-19/h3-5,8-9,18,20H,1-2,6-7,10-17H2,(H-,24,26)/p+1/t18?,20-,25?/m0/s1. The highest BCUT2D eigenvalue weighted by molar-refractivity contribution is 5.83. The van der Waals surface area contributed by atoms with Crippen LogP contribution in [0.4, 0.5) is 0 Å². The number of benzene rings is 1. The number of carbonyl (C=O) groups is 2. The quantitative estimate of drug-likeness (QED) is 0.481. The number of nitrogens with two attached hydrogens (primary N) is 1. The van der Waals surface area contributed by atoms with Gasteiger partial charge in [0.15, 0.2) is 12.6 Å². The van der Waals surface area contributed by atoms with Gasteiger partial charge in [-0.1, -0.05) is 56.0 Å². The summed E-state index contributed by atoms with van der Waals surface area (Å²) in [6.45, 7) is 3.06. The molecule has 3 saturated heterocycles. The molecular weight excluding hydrogens is 352 g/mol. The lowest BCUT2D eigenvalue weighted by atomic mass is 9.74. The Morgan fingerprint density at radius 2 is 1.68 bits per heavy atom. The Kier molecular flexibility index (Phi) is 5.46. The van der Waals surface area contributed by atoms with E-state index in [2.05, 4.69) is 12.1 Å². The predicted octanol–water partition coefficient (Wildman–Crippen LogP) is 2.92. The van der Waals surface area contributed by atoms with Gasteiger partial charge in [-0.25, -0.2) is 0 Å². The minimum atomic E-state index is -0.516. The van der Waals surface area contributed by atoms with Crippen molar-refractivity contribution < 1.29 is 18.8 Å². The third-order valence-electron chi connectivity index (χ3n) is 7.47. The van der Waals surface area contributed by atoms with E-state index < -0.39 is 5.41 Å². The molecule has 1 amide bonds. The summed E-state index contributed by atoms with van der Waals surface area (Å²) < 4.78 is 6.97. The molecule has 0 aromatic heterocycles. The number of amides is 1. The lowest BCUT2D eigenvalue weighted by Crippen LogP contribution is -2.66. The molecule has 0 unspecified atom stereocenters. The van der Waals surface area contributed by atoms with Crippen LogP contribution in [-0.2, 0) is 19.7 Å². The normalized spacial score (nSPS) is 31.7. The van der Waals surface area contributed by atoms with Gasteiger partial charge in [-0.2, -0.15) is 0 Å². The fourth-order valence-corrected chi connectivity index (χ4v) is 5.86. The van der Waals surface area contributed by atoms with Gasteiger partial charge in [0.2, 0.25) is 0 Å². The summed E-state index contributed by atoms with van der Waals surface area (Å²) in [7, 11) is 0. The molecule has 5 rings (SSSR count). The van der Waals surface area contributed by atoms with Crippen molar-refractivity contribution in [2.75, 3.05) is 26.2 Å². The largest absolute Gasteiger partial charge is 0.455 e. The summed E-state index contributed by atoms with van der Waals surface area (Å²) in [6, 6.07) is 10.2. The van der Waals surface area contributed by atoms with Crippen LogP contribution in [0.15, 0.2) is 30.3 Å². The number of fused-ring (bicyclic) bond motifs is 3. The first-order valence-electron chi connectivity index (χ1n) is 10.9. The van der Waals surface area contributed by atoms with Crippen molar-refractivity contribution in [3.8, 4) is 0 Å². The van der Waals surface area contributed by atoms with E-state index in [0.717, 1.165) is 63.7 Å². The average Bonchev–Trinajstić information content (AvgIpc) is 2.96. The molecule has 1 atom stereocenters. The number of hydrogen-bond donors (Lipinski definition) is 1. The van der Waals surface area contributed by atoms with Crippen molar-refractivity contribution in [2.24, 2.45) is 11.7 Å². The van der Waals surface area contributed by atoms with Gasteiger partial charge in [-0.3, -0.25) is 9.59 Å². The molecule has 1 aliphatic carbocycles. The van der Waals surface area contributed by atoms with E-state index in [-0.39, 0.29) is 18.0 Å². The number of rotatable bonds is 5. The summed E-state index contributed by atoms with van der Waals surface area (Å²) in [5.74, 6) is 0.127. The Hall–Kier alpha value is -1.88. The zero-order valence-electron chi connectivity index (χ0n) is 16.8. The maximum atomic E-state index is 13.6. The van der Waals surface area contributed by atoms with Crippen LogP contribution >= 0.6 is 0 Å². The first kappa shape index (κ1) is 19.4. The molecule has 0 spiro atoms. The first-order valence-corrected chi connectivity index (χ1v) is 10.9. The van der Waals surface area contributed by atoms with Gasteiger partial charge in [0.1, 0.15) is 6.54 Å². The summed E-state index contributed by atoms with van der Waals surface area (Å²) in [4.78, 5) is 25.2. The Morgan fingerprint density at radius 1 is 1.04 bits per heavy atom. The summed E-state index contributed by atoms with van der Waals surface area (Å²) in [6.07, 6.45) is 8.20. The van der Waals surface area contributed by atoms with Gasteiger partial charge >= 0.3 is 5.97 Å². The Balaban J connectivity index is 1.56. The van der Waals surface area contributed by atoms with Crippen molar-refractivity contribution in [1.29, 1.82) is 0 Å². The van der Waals surface area contributed by atoms with Crippen LogP contribution in [0.25, 0.3) is 0 Å². The van der Waals surface area contributed by atoms with E-state index in [1.807, 2.05) is 18.2 Å². The molecule has 1 aromatic rings. The van der Waals surface area contributed by atoms with Crippen molar-refractivity contribution in [3.63, 3.8) is 0 Å². The Bertz CT molecular complexity index is 702. The summed E-state index contributed by atoms with van der Waals surface area (Å²) >= 11 is 0. The molecule has 0 radical (unpaired) electrons. The molecule has 4 fully saturated rings. The average molecular weight is 386 g/mol. The third kappa shape index (κ3) is 3.69. The summed E-state index contributed by atoms with van der Waals surface area (Å²) in [5, 5.41) is 0. The van der Waals surface area contributed by atoms with Crippen LogP contribution in [0.5, 0.6) is 0 Å². The number of hydrogen-bond acceptors (Lipinski definition) is 3. The van der Waals surface area contributed by atoms with E-state index in [1.54, 1.807) is 0 Å². The maximum Gasteiger partial charge on any atom is 0.317 e. The fourth-order valence-electron chi connectivity index (χ4n) is 5.86.